The van der Waals surface area contributed by atoms with Crippen molar-refractivity contribution in [3.63, 3.8) is 0 Å². The fourth-order valence-electron chi connectivity index (χ4n) is 1.93. The molecular weight excluding hydrogens is 317 g/mol. The Labute approximate surface area is 139 Å². The van der Waals surface area contributed by atoms with E-state index in [2.05, 4.69) is 15.8 Å². The van der Waals surface area contributed by atoms with Gasteiger partial charge in [-0.15, -0.1) is 0 Å². The number of carbonyl (C=O) groups is 1. The second-order valence-corrected chi connectivity index (χ2v) is 5.34. The second-order valence-electron chi connectivity index (χ2n) is 4.90. The molecule has 0 unspecified atom stereocenters. The smallest absolute Gasteiger partial charge is 0.262 e. The first-order chi connectivity index (χ1) is 11.1. The van der Waals surface area contributed by atoms with Gasteiger partial charge in [0.15, 0.2) is 0 Å². The zero-order chi connectivity index (χ0) is 16.7. The molecule has 6 heteroatoms. The van der Waals surface area contributed by atoms with Gasteiger partial charge < -0.3 is 5.32 Å². The van der Waals surface area contributed by atoms with Crippen LogP contribution in [0.1, 0.15) is 18.9 Å². The van der Waals surface area contributed by atoms with Crippen LogP contribution in [0.4, 0.5) is 10.1 Å². The molecule has 2 rings (SSSR count). The van der Waals surface area contributed by atoms with E-state index in [0.29, 0.717) is 17.0 Å². The molecule has 0 aromatic heterocycles. The number of carbonyl (C=O) groups excluding carboxylic acids is 1. The lowest BCUT2D eigenvalue weighted by Gasteiger charge is -2.16. The largest absolute Gasteiger partial charge is 0.374 e. The van der Waals surface area contributed by atoms with Crippen LogP contribution < -0.4 is 10.7 Å². The van der Waals surface area contributed by atoms with Crippen molar-refractivity contribution in [2.75, 3.05) is 5.32 Å². The standard InChI is InChI=1S/C17H17ClFN3O/c1-2-16(21-15-5-3-4-13(18)10-15)17(23)22-20-11-12-6-8-14(19)9-7-12/h3-11,16,21H,2H2,1H3,(H,22,23)/b20-11-/t16-/m0/s1. The Balaban J connectivity index is 1.93. The van der Waals surface area contributed by atoms with Crippen molar-refractivity contribution >= 4 is 29.4 Å². The summed E-state index contributed by atoms with van der Waals surface area (Å²) in [6.07, 6.45) is 2.05. The van der Waals surface area contributed by atoms with E-state index in [9.17, 15) is 9.18 Å². The Kier molecular flexibility index (Phi) is 6.11. The van der Waals surface area contributed by atoms with Gasteiger partial charge in [-0.05, 0) is 42.3 Å². The predicted octanol–water partition coefficient (Wildman–Crippen LogP) is 3.82. The third-order valence-corrected chi connectivity index (χ3v) is 3.38. The minimum Gasteiger partial charge on any atom is -0.374 e. The minimum atomic E-state index is -0.432. The van der Waals surface area contributed by atoms with E-state index in [-0.39, 0.29) is 11.7 Å². The van der Waals surface area contributed by atoms with Gasteiger partial charge in [-0.2, -0.15) is 5.10 Å². The summed E-state index contributed by atoms with van der Waals surface area (Å²) < 4.78 is 12.8. The summed E-state index contributed by atoms with van der Waals surface area (Å²) in [6, 6.07) is 12.5. The maximum Gasteiger partial charge on any atom is 0.262 e. The Hall–Kier alpha value is -2.40. The zero-order valence-electron chi connectivity index (χ0n) is 12.6. The van der Waals surface area contributed by atoms with Gasteiger partial charge in [0.05, 0.1) is 6.21 Å². The molecule has 0 aliphatic carbocycles. The lowest BCUT2D eigenvalue weighted by atomic mass is 10.2. The average molecular weight is 334 g/mol. The SMILES string of the molecule is CC[C@H](Nc1cccc(Cl)c1)C(=O)N/N=C\c1ccc(F)cc1. The van der Waals surface area contributed by atoms with Gasteiger partial charge in [-0.25, -0.2) is 9.82 Å². The third-order valence-electron chi connectivity index (χ3n) is 3.15. The number of benzene rings is 2. The minimum absolute atomic E-state index is 0.258. The van der Waals surface area contributed by atoms with E-state index in [1.807, 2.05) is 19.1 Å². The van der Waals surface area contributed by atoms with Crippen molar-refractivity contribution in [3.8, 4) is 0 Å². The highest BCUT2D eigenvalue weighted by Gasteiger charge is 2.15. The molecular formula is C17H17ClFN3O. The molecule has 0 fully saturated rings. The first-order valence-electron chi connectivity index (χ1n) is 7.19. The first-order valence-corrected chi connectivity index (χ1v) is 7.57. The van der Waals surface area contributed by atoms with E-state index < -0.39 is 6.04 Å². The van der Waals surface area contributed by atoms with Crippen LogP contribution in [0.2, 0.25) is 5.02 Å². The van der Waals surface area contributed by atoms with Crippen molar-refractivity contribution in [1.82, 2.24) is 5.43 Å². The van der Waals surface area contributed by atoms with Crippen LogP contribution in [0.5, 0.6) is 0 Å². The number of rotatable bonds is 6. The van der Waals surface area contributed by atoms with Crippen molar-refractivity contribution in [2.45, 2.75) is 19.4 Å². The van der Waals surface area contributed by atoms with E-state index in [4.69, 9.17) is 11.6 Å². The normalized spacial score (nSPS) is 12.1. The van der Waals surface area contributed by atoms with Crippen LogP contribution in [-0.4, -0.2) is 18.2 Å². The fraction of sp³-hybridized carbons (Fsp3) is 0.176. The summed E-state index contributed by atoms with van der Waals surface area (Å²) >= 11 is 5.92. The third kappa shape index (κ3) is 5.38. The number of hydrazone groups is 1. The highest BCUT2D eigenvalue weighted by atomic mass is 35.5. The molecule has 4 nitrogen and oxygen atoms in total. The molecule has 0 aliphatic rings. The Bertz CT molecular complexity index is 688. The molecule has 23 heavy (non-hydrogen) atoms. The van der Waals surface area contributed by atoms with Crippen molar-refractivity contribution < 1.29 is 9.18 Å². The van der Waals surface area contributed by atoms with Crippen LogP contribution in [-0.2, 0) is 4.79 Å². The summed E-state index contributed by atoms with van der Waals surface area (Å²) in [7, 11) is 0. The molecule has 120 valence electrons. The molecule has 0 radical (unpaired) electrons. The number of nitrogens with one attached hydrogen (secondary N) is 2. The van der Waals surface area contributed by atoms with Crippen LogP contribution >= 0.6 is 11.6 Å². The summed E-state index contributed by atoms with van der Waals surface area (Å²) in [5, 5.41) is 7.59. The second kappa shape index (κ2) is 8.29. The quantitative estimate of drug-likeness (QED) is 0.623. The molecule has 2 N–H and O–H groups in total. The molecule has 0 saturated heterocycles. The first kappa shape index (κ1) is 17.0. The van der Waals surface area contributed by atoms with E-state index in [0.717, 1.165) is 5.69 Å². The highest BCUT2D eigenvalue weighted by Crippen LogP contribution is 2.16. The van der Waals surface area contributed by atoms with Crippen LogP contribution in [0, 0.1) is 5.82 Å². The summed E-state index contributed by atoms with van der Waals surface area (Å²) in [5.41, 5.74) is 3.94. The number of hydrogen-bond acceptors (Lipinski definition) is 3. The lowest BCUT2D eigenvalue weighted by molar-refractivity contribution is -0.121. The van der Waals surface area contributed by atoms with E-state index in [1.54, 1.807) is 24.3 Å². The van der Waals surface area contributed by atoms with Crippen LogP contribution in [0.15, 0.2) is 53.6 Å². The van der Waals surface area contributed by atoms with Gasteiger partial charge in [0.1, 0.15) is 11.9 Å². The number of anilines is 1. The summed E-state index contributed by atoms with van der Waals surface area (Å²) in [6.45, 7) is 1.89. The van der Waals surface area contributed by atoms with Gasteiger partial charge in [0, 0.05) is 10.7 Å². The van der Waals surface area contributed by atoms with Gasteiger partial charge in [-0.3, -0.25) is 4.79 Å². The molecule has 2 aromatic carbocycles. The maximum atomic E-state index is 12.8. The van der Waals surface area contributed by atoms with E-state index in [1.165, 1.54) is 18.3 Å². The molecule has 0 heterocycles. The number of halogens is 2. The summed E-state index contributed by atoms with van der Waals surface area (Å²) in [5.74, 6) is -0.575. The molecule has 1 amide bonds. The Morgan fingerprint density at radius 3 is 2.70 bits per heavy atom. The molecule has 2 aromatic rings. The number of hydrogen-bond donors (Lipinski definition) is 2. The molecule has 0 bridgehead atoms. The van der Waals surface area contributed by atoms with Crippen molar-refractivity contribution in [1.29, 1.82) is 0 Å². The van der Waals surface area contributed by atoms with Crippen molar-refractivity contribution in [3.05, 3.63) is 64.9 Å². The van der Waals surface area contributed by atoms with Gasteiger partial charge in [-0.1, -0.05) is 36.7 Å². The molecule has 0 spiro atoms. The van der Waals surface area contributed by atoms with E-state index >= 15 is 0 Å². The molecule has 1 atom stereocenters. The van der Waals surface area contributed by atoms with Crippen molar-refractivity contribution in [2.24, 2.45) is 5.10 Å². The zero-order valence-corrected chi connectivity index (χ0v) is 13.3. The Morgan fingerprint density at radius 2 is 2.04 bits per heavy atom. The monoisotopic (exact) mass is 333 g/mol. The topological polar surface area (TPSA) is 53.5 Å². The number of amides is 1. The fourth-order valence-corrected chi connectivity index (χ4v) is 2.12. The predicted molar refractivity (Wildman–Crippen MR) is 91.3 cm³/mol. The molecule has 0 aliphatic heterocycles. The van der Waals surface area contributed by atoms with Gasteiger partial charge in [0.2, 0.25) is 0 Å². The highest BCUT2D eigenvalue weighted by molar-refractivity contribution is 6.30. The lowest BCUT2D eigenvalue weighted by Crippen LogP contribution is -2.36. The van der Waals surface area contributed by atoms with Crippen LogP contribution in [0.3, 0.4) is 0 Å². The Morgan fingerprint density at radius 1 is 1.30 bits per heavy atom. The number of nitrogens with zero attached hydrogens (tertiary/aromatic N) is 1. The summed E-state index contributed by atoms with van der Waals surface area (Å²) in [4.78, 5) is 12.1. The van der Waals surface area contributed by atoms with Gasteiger partial charge in [0.25, 0.3) is 5.91 Å². The maximum absolute atomic E-state index is 12.8. The molecule has 0 saturated carbocycles. The van der Waals surface area contributed by atoms with Crippen LogP contribution in [0.25, 0.3) is 0 Å². The van der Waals surface area contributed by atoms with Gasteiger partial charge >= 0.3 is 0 Å². The average Bonchev–Trinajstić information content (AvgIpc) is 2.54.